The summed E-state index contributed by atoms with van der Waals surface area (Å²) in [6, 6.07) is 7.44. The van der Waals surface area contributed by atoms with Crippen LogP contribution in [0.3, 0.4) is 0 Å². The van der Waals surface area contributed by atoms with Crippen LogP contribution in [0.1, 0.15) is 26.3 Å². The van der Waals surface area contributed by atoms with Crippen molar-refractivity contribution in [3.63, 3.8) is 0 Å². The molecule has 1 rings (SSSR count). The van der Waals surface area contributed by atoms with E-state index < -0.39 is 24.0 Å². The van der Waals surface area contributed by atoms with Gasteiger partial charge in [-0.15, -0.1) is 0 Å². The highest BCUT2D eigenvalue weighted by Crippen LogP contribution is 2.06. The topological polar surface area (TPSA) is 95.5 Å². The van der Waals surface area contributed by atoms with Gasteiger partial charge < -0.3 is 15.7 Å². The van der Waals surface area contributed by atoms with Gasteiger partial charge in [-0.2, -0.15) is 0 Å². The lowest BCUT2D eigenvalue weighted by Gasteiger charge is -2.23. The molecular weight excluding hydrogens is 284 g/mol. The molecule has 0 heterocycles. The van der Waals surface area contributed by atoms with Gasteiger partial charge in [-0.1, -0.05) is 44.2 Å². The number of carbonyl (C=O) groups is 3. The largest absolute Gasteiger partial charge is 0.480 e. The number of carboxylic acid groups (broad SMARTS) is 1. The molecule has 0 aromatic heterocycles. The van der Waals surface area contributed by atoms with Crippen molar-refractivity contribution in [2.24, 2.45) is 5.92 Å². The van der Waals surface area contributed by atoms with E-state index in [0.29, 0.717) is 6.42 Å². The van der Waals surface area contributed by atoms with Crippen molar-refractivity contribution >= 4 is 17.8 Å². The molecule has 2 atom stereocenters. The second-order valence-corrected chi connectivity index (χ2v) is 5.51. The molecule has 2 amide bonds. The predicted octanol–water partition coefficient (Wildman–Crippen LogP) is 0.959. The van der Waals surface area contributed by atoms with Gasteiger partial charge in [0.15, 0.2) is 0 Å². The molecule has 0 unspecified atom stereocenters. The molecule has 0 aliphatic heterocycles. The number of carboxylic acids is 1. The van der Waals surface area contributed by atoms with Crippen molar-refractivity contribution in [2.45, 2.75) is 39.3 Å². The Hall–Kier alpha value is -2.37. The first kappa shape index (κ1) is 17.7. The van der Waals surface area contributed by atoms with Gasteiger partial charge in [0.25, 0.3) is 0 Å². The van der Waals surface area contributed by atoms with Gasteiger partial charge in [0.1, 0.15) is 12.1 Å². The number of amides is 2. The van der Waals surface area contributed by atoms with Crippen LogP contribution in [0.2, 0.25) is 0 Å². The van der Waals surface area contributed by atoms with E-state index in [0.717, 1.165) is 5.56 Å². The Balaban J connectivity index is 2.84. The molecule has 0 saturated carbocycles. The molecule has 3 N–H and O–H groups in total. The third-order valence-electron chi connectivity index (χ3n) is 3.21. The molecular formula is C16H22N2O4. The molecule has 6 heteroatoms. The molecule has 0 radical (unpaired) electrons. The van der Waals surface area contributed by atoms with Gasteiger partial charge in [-0.3, -0.25) is 9.59 Å². The quantitative estimate of drug-likeness (QED) is 0.699. The third-order valence-corrected chi connectivity index (χ3v) is 3.21. The van der Waals surface area contributed by atoms with Crippen LogP contribution in [0, 0.1) is 5.92 Å². The third kappa shape index (κ3) is 5.55. The van der Waals surface area contributed by atoms with Crippen LogP contribution in [0.4, 0.5) is 0 Å². The van der Waals surface area contributed by atoms with E-state index in [2.05, 4.69) is 10.6 Å². The van der Waals surface area contributed by atoms with Crippen molar-refractivity contribution in [3.05, 3.63) is 35.9 Å². The summed E-state index contributed by atoms with van der Waals surface area (Å²) in [7, 11) is 0. The van der Waals surface area contributed by atoms with Crippen LogP contribution in [0.25, 0.3) is 0 Å². The van der Waals surface area contributed by atoms with Crippen molar-refractivity contribution < 1.29 is 19.5 Å². The predicted molar refractivity (Wildman–Crippen MR) is 82.2 cm³/mol. The molecule has 120 valence electrons. The Morgan fingerprint density at radius 1 is 1.09 bits per heavy atom. The minimum Gasteiger partial charge on any atom is -0.480 e. The van der Waals surface area contributed by atoms with Crippen molar-refractivity contribution in [1.29, 1.82) is 0 Å². The lowest BCUT2D eigenvalue weighted by Crippen LogP contribution is -2.53. The molecule has 22 heavy (non-hydrogen) atoms. The molecule has 0 spiro atoms. The zero-order valence-corrected chi connectivity index (χ0v) is 13.0. The zero-order chi connectivity index (χ0) is 16.7. The molecule has 0 aliphatic rings. The van der Waals surface area contributed by atoms with Gasteiger partial charge in [0.05, 0.1) is 0 Å². The van der Waals surface area contributed by atoms with Crippen molar-refractivity contribution in [2.75, 3.05) is 0 Å². The lowest BCUT2D eigenvalue weighted by atomic mass is 10.0. The van der Waals surface area contributed by atoms with Crippen molar-refractivity contribution in [1.82, 2.24) is 10.6 Å². The van der Waals surface area contributed by atoms with E-state index >= 15 is 0 Å². The average Bonchev–Trinajstić information content (AvgIpc) is 2.43. The Kier molecular flexibility index (Phi) is 6.56. The molecule has 6 nitrogen and oxygen atoms in total. The van der Waals surface area contributed by atoms with Gasteiger partial charge in [0.2, 0.25) is 11.8 Å². The summed E-state index contributed by atoms with van der Waals surface area (Å²) in [4.78, 5) is 34.8. The summed E-state index contributed by atoms with van der Waals surface area (Å²) in [6.07, 6.45) is 0.302. The van der Waals surface area contributed by atoms with E-state index in [1.54, 1.807) is 13.8 Å². The smallest absolute Gasteiger partial charge is 0.326 e. The van der Waals surface area contributed by atoms with Crippen LogP contribution in [-0.2, 0) is 20.8 Å². The van der Waals surface area contributed by atoms with Gasteiger partial charge in [0, 0.05) is 13.3 Å². The first-order valence-electron chi connectivity index (χ1n) is 7.15. The number of rotatable bonds is 7. The highest BCUT2D eigenvalue weighted by Gasteiger charge is 2.28. The molecule has 0 fully saturated rings. The summed E-state index contributed by atoms with van der Waals surface area (Å²) < 4.78 is 0. The van der Waals surface area contributed by atoms with Crippen LogP contribution in [-0.4, -0.2) is 35.0 Å². The van der Waals surface area contributed by atoms with E-state index in [9.17, 15) is 14.4 Å². The highest BCUT2D eigenvalue weighted by atomic mass is 16.4. The molecule has 0 saturated heterocycles. The average molecular weight is 306 g/mol. The second-order valence-electron chi connectivity index (χ2n) is 5.51. The summed E-state index contributed by atoms with van der Waals surface area (Å²) in [5.41, 5.74) is 0.882. The minimum absolute atomic E-state index is 0.254. The van der Waals surface area contributed by atoms with Gasteiger partial charge in [-0.05, 0) is 11.5 Å². The molecule has 0 aliphatic carbocycles. The number of aliphatic carboxylic acids is 1. The number of hydrogen-bond acceptors (Lipinski definition) is 3. The first-order valence-corrected chi connectivity index (χ1v) is 7.15. The van der Waals surface area contributed by atoms with E-state index in [4.69, 9.17) is 5.11 Å². The maximum Gasteiger partial charge on any atom is 0.326 e. The molecule has 1 aromatic rings. The van der Waals surface area contributed by atoms with E-state index in [1.807, 2.05) is 30.3 Å². The minimum atomic E-state index is -1.09. The zero-order valence-electron chi connectivity index (χ0n) is 13.0. The fourth-order valence-electron chi connectivity index (χ4n) is 2.07. The Morgan fingerprint density at radius 2 is 1.68 bits per heavy atom. The Labute approximate surface area is 129 Å². The van der Waals surface area contributed by atoms with Crippen molar-refractivity contribution in [3.8, 4) is 0 Å². The lowest BCUT2D eigenvalue weighted by molar-refractivity contribution is -0.143. The first-order chi connectivity index (χ1) is 10.3. The molecule has 0 bridgehead atoms. The fourth-order valence-corrected chi connectivity index (χ4v) is 2.07. The van der Waals surface area contributed by atoms with Crippen LogP contribution < -0.4 is 10.6 Å². The maximum atomic E-state index is 12.3. The summed E-state index contributed by atoms with van der Waals surface area (Å²) >= 11 is 0. The normalized spacial score (nSPS) is 13.3. The SMILES string of the molecule is CC(=O)N[C@@H](Cc1ccccc1)C(=O)N[C@H](C(=O)O)C(C)C. The van der Waals surface area contributed by atoms with Crippen LogP contribution in [0.15, 0.2) is 30.3 Å². The van der Waals surface area contributed by atoms with Gasteiger partial charge >= 0.3 is 5.97 Å². The fraction of sp³-hybridized carbons (Fsp3) is 0.438. The van der Waals surface area contributed by atoms with E-state index in [1.165, 1.54) is 6.92 Å². The number of nitrogens with one attached hydrogen (secondary N) is 2. The highest BCUT2D eigenvalue weighted by molar-refractivity contribution is 5.90. The second kappa shape index (κ2) is 8.17. The van der Waals surface area contributed by atoms with Gasteiger partial charge in [-0.25, -0.2) is 4.79 Å². The Bertz CT molecular complexity index is 528. The number of hydrogen-bond donors (Lipinski definition) is 3. The monoisotopic (exact) mass is 306 g/mol. The summed E-state index contributed by atoms with van der Waals surface area (Å²) in [6.45, 7) is 4.75. The number of carbonyl (C=O) groups excluding carboxylic acids is 2. The molecule has 1 aromatic carbocycles. The number of benzene rings is 1. The Morgan fingerprint density at radius 3 is 2.14 bits per heavy atom. The summed E-state index contributed by atoms with van der Waals surface area (Å²) in [5.74, 6) is -2.19. The van der Waals surface area contributed by atoms with E-state index in [-0.39, 0.29) is 11.8 Å². The standard InChI is InChI=1S/C16H22N2O4/c1-10(2)14(16(21)22)18-15(20)13(17-11(3)19)9-12-7-5-4-6-8-12/h4-8,10,13-14H,9H2,1-3H3,(H,17,19)(H,18,20)(H,21,22)/t13-,14-/m0/s1. The summed E-state index contributed by atoms with van der Waals surface area (Å²) in [5, 5.41) is 14.2. The maximum absolute atomic E-state index is 12.3. The van der Waals surface area contributed by atoms with Crippen LogP contribution >= 0.6 is 0 Å². The van der Waals surface area contributed by atoms with Crippen LogP contribution in [0.5, 0.6) is 0 Å².